The number of nitrogens with one attached hydrogen (secondary N) is 1. The summed E-state index contributed by atoms with van der Waals surface area (Å²) in [6, 6.07) is 5.68. The average molecular weight is 426 g/mol. The molecular weight excluding hydrogens is 403 g/mol. The van der Waals surface area contributed by atoms with Crippen molar-refractivity contribution in [2.24, 2.45) is 5.92 Å². The molecule has 1 amide bonds. The van der Waals surface area contributed by atoms with E-state index in [9.17, 15) is 18.0 Å². The fraction of sp³-hybridized carbons (Fsp3) is 0.524. The molecule has 1 aromatic heterocycles. The second kappa shape index (κ2) is 8.01. The van der Waals surface area contributed by atoms with Crippen LogP contribution in [-0.4, -0.2) is 21.6 Å². The van der Waals surface area contributed by atoms with Gasteiger partial charge in [-0.15, -0.1) is 0 Å². The fourth-order valence-corrected chi connectivity index (χ4v) is 4.22. The lowest BCUT2D eigenvalue weighted by Gasteiger charge is -2.22. The van der Waals surface area contributed by atoms with E-state index in [2.05, 4.69) is 10.4 Å². The van der Waals surface area contributed by atoms with Crippen LogP contribution in [-0.2, 0) is 17.8 Å². The van der Waals surface area contributed by atoms with Crippen LogP contribution >= 0.6 is 11.6 Å². The molecule has 1 atom stereocenters. The van der Waals surface area contributed by atoms with Gasteiger partial charge in [-0.2, -0.15) is 5.10 Å². The summed E-state index contributed by atoms with van der Waals surface area (Å²) >= 11 is 5.77. The van der Waals surface area contributed by atoms with Gasteiger partial charge in [0.1, 0.15) is 11.6 Å². The number of carbonyl (C=O) groups excluding carboxylic acids is 1. The second-order valence-electron chi connectivity index (χ2n) is 8.13. The van der Waals surface area contributed by atoms with Crippen LogP contribution < -0.4 is 5.32 Å². The Balaban J connectivity index is 1.49. The van der Waals surface area contributed by atoms with Crippen molar-refractivity contribution in [3.05, 3.63) is 46.4 Å². The third-order valence-electron chi connectivity index (χ3n) is 5.75. The monoisotopic (exact) mass is 425 g/mol. The fourth-order valence-electron chi connectivity index (χ4n) is 4.02. The molecule has 0 saturated heterocycles. The first-order valence-electron chi connectivity index (χ1n) is 10.0. The third kappa shape index (κ3) is 4.77. The highest BCUT2D eigenvalue weighted by Gasteiger charge is 2.59. The number of carbonyl (C=O) groups is 1. The molecule has 29 heavy (non-hydrogen) atoms. The van der Waals surface area contributed by atoms with E-state index in [0.29, 0.717) is 29.5 Å². The van der Waals surface area contributed by atoms with E-state index in [1.807, 2.05) is 0 Å². The summed E-state index contributed by atoms with van der Waals surface area (Å²) in [5, 5.41) is 7.15. The summed E-state index contributed by atoms with van der Waals surface area (Å²) in [6.07, 6.45) is 5.50. The smallest absolute Gasteiger partial charge is 0.257 e. The van der Waals surface area contributed by atoms with Crippen molar-refractivity contribution in [2.75, 3.05) is 5.32 Å². The van der Waals surface area contributed by atoms with Gasteiger partial charge >= 0.3 is 0 Å². The van der Waals surface area contributed by atoms with E-state index >= 15 is 0 Å². The molecule has 2 aliphatic rings. The van der Waals surface area contributed by atoms with Gasteiger partial charge in [0.05, 0.1) is 23.1 Å². The number of anilines is 1. The summed E-state index contributed by atoms with van der Waals surface area (Å²) in [7, 11) is 0. The molecule has 4 rings (SSSR count). The Bertz CT molecular complexity index is 909. The summed E-state index contributed by atoms with van der Waals surface area (Å²) in [6.45, 7) is 0.607. The minimum atomic E-state index is -2.71. The maximum absolute atomic E-state index is 13.5. The van der Waals surface area contributed by atoms with E-state index in [1.165, 1.54) is 24.6 Å². The van der Waals surface area contributed by atoms with Crippen LogP contribution in [0.25, 0.3) is 0 Å². The lowest BCUT2D eigenvalue weighted by molar-refractivity contribution is -0.115. The molecule has 1 unspecified atom stereocenters. The molecule has 0 radical (unpaired) electrons. The number of benzene rings is 1. The molecule has 2 aliphatic carbocycles. The maximum atomic E-state index is 13.5. The van der Waals surface area contributed by atoms with Crippen molar-refractivity contribution < 1.29 is 18.0 Å². The van der Waals surface area contributed by atoms with E-state index < -0.39 is 17.7 Å². The standard InChI is InChI=1S/C21H23ClF3N3O/c22-16-8-14(6-7-17(16)23)9-20(29)26-19-10-18(15-11-21(15,24)25)27-28(19)12-13-4-2-1-3-5-13/h6-8,10,13,15H,1-5,9,11-12H2,(H,26,29). The van der Waals surface area contributed by atoms with Gasteiger partial charge in [0.2, 0.25) is 5.91 Å². The SMILES string of the molecule is O=C(Cc1ccc(F)c(Cl)c1)Nc1cc(C2CC2(F)F)nn1CC1CCCCC1. The topological polar surface area (TPSA) is 46.9 Å². The average Bonchev–Trinajstić information content (AvgIpc) is 3.14. The number of nitrogens with zero attached hydrogens (tertiary/aromatic N) is 2. The normalized spacial score (nSPS) is 21.2. The highest BCUT2D eigenvalue weighted by Crippen LogP contribution is 2.55. The number of hydrogen-bond donors (Lipinski definition) is 1. The first kappa shape index (κ1) is 20.3. The molecule has 2 aromatic rings. The lowest BCUT2D eigenvalue weighted by Crippen LogP contribution is -2.21. The van der Waals surface area contributed by atoms with E-state index in [-0.39, 0.29) is 23.8 Å². The van der Waals surface area contributed by atoms with Crippen LogP contribution in [0, 0.1) is 11.7 Å². The number of alkyl halides is 2. The molecular formula is C21H23ClF3N3O. The molecule has 8 heteroatoms. The van der Waals surface area contributed by atoms with Crippen LogP contribution in [0.2, 0.25) is 5.02 Å². The van der Waals surface area contributed by atoms with Gasteiger partial charge in [0.15, 0.2) is 0 Å². The van der Waals surface area contributed by atoms with Crippen molar-refractivity contribution in [3.8, 4) is 0 Å². The molecule has 0 bridgehead atoms. The Labute approximate surface area is 172 Å². The zero-order valence-electron chi connectivity index (χ0n) is 15.9. The van der Waals surface area contributed by atoms with Crippen LogP contribution in [0.5, 0.6) is 0 Å². The van der Waals surface area contributed by atoms with E-state index in [0.717, 1.165) is 25.7 Å². The Morgan fingerprint density at radius 2 is 1.97 bits per heavy atom. The molecule has 1 N–H and O–H groups in total. The van der Waals surface area contributed by atoms with Gasteiger partial charge in [0, 0.05) is 19.0 Å². The number of hydrogen-bond acceptors (Lipinski definition) is 2. The first-order valence-corrected chi connectivity index (χ1v) is 10.4. The van der Waals surface area contributed by atoms with Gasteiger partial charge < -0.3 is 5.32 Å². The van der Waals surface area contributed by atoms with Crippen molar-refractivity contribution in [3.63, 3.8) is 0 Å². The quantitative estimate of drug-likeness (QED) is 0.658. The van der Waals surface area contributed by atoms with Gasteiger partial charge in [-0.3, -0.25) is 4.79 Å². The van der Waals surface area contributed by atoms with Crippen molar-refractivity contribution in [1.29, 1.82) is 0 Å². The lowest BCUT2D eigenvalue weighted by atomic mass is 9.89. The molecule has 4 nitrogen and oxygen atoms in total. The Kier molecular flexibility index (Phi) is 5.60. The number of halogens is 4. The minimum Gasteiger partial charge on any atom is -0.311 e. The zero-order valence-corrected chi connectivity index (χ0v) is 16.7. The molecule has 2 fully saturated rings. The van der Waals surface area contributed by atoms with Crippen LogP contribution in [0.15, 0.2) is 24.3 Å². The summed E-state index contributed by atoms with van der Waals surface area (Å²) < 4.78 is 42.0. The Morgan fingerprint density at radius 3 is 2.62 bits per heavy atom. The Morgan fingerprint density at radius 1 is 1.24 bits per heavy atom. The predicted molar refractivity (Wildman–Crippen MR) is 105 cm³/mol. The highest BCUT2D eigenvalue weighted by molar-refractivity contribution is 6.30. The zero-order chi connectivity index (χ0) is 20.6. The maximum Gasteiger partial charge on any atom is 0.257 e. The highest BCUT2D eigenvalue weighted by atomic mass is 35.5. The van der Waals surface area contributed by atoms with Crippen LogP contribution in [0.4, 0.5) is 19.0 Å². The second-order valence-corrected chi connectivity index (χ2v) is 8.54. The van der Waals surface area contributed by atoms with Crippen LogP contribution in [0.3, 0.4) is 0 Å². The minimum absolute atomic E-state index is 0.00350. The predicted octanol–water partition coefficient (Wildman–Crippen LogP) is 5.56. The largest absolute Gasteiger partial charge is 0.311 e. The number of rotatable bonds is 6. The molecule has 2 saturated carbocycles. The van der Waals surface area contributed by atoms with E-state index in [1.54, 1.807) is 10.7 Å². The summed E-state index contributed by atoms with van der Waals surface area (Å²) in [4.78, 5) is 12.5. The van der Waals surface area contributed by atoms with Crippen molar-refractivity contribution in [1.82, 2.24) is 9.78 Å². The van der Waals surface area contributed by atoms with Crippen molar-refractivity contribution >= 4 is 23.3 Å². The third-order valence-corrected chi connectivity index (χ3v) is 6.04. The van der Waals surface area contributed by atoms with Gasteiger partial charge in [-0.1, -0.05) is 36.9 Å². The molecule has 0 aliphatic heterocycles. The summed E-state index contributed by atoms with van der Waals surface area (Å²) in [5.74, 6) is -3.59. The van der Waals surface area contributed by atoms with Crippen molar-refractivity contribution in [2.45, 2.75) is 63.3 Å². The van der Waals surface area contributed by atoms with Gasteiger partial charge in [-0.25, -0.2) is 17.9 Å². The molecule has 0 spiro atoms. The number of amides is 1. The Hall–Kier alpha value is -2.02. The molecule has 156 valence electrons. The summed E-state index contributed by atoms with van der Waals surface area (Å²) in [5.41, 5.74) is 0.895. The van der Waals surface area contributed by atoms with Gasteiger partial charge in [-0.05, 0) is 36.5 Å². The number of aromatic nitrogens is 2. The molecule has 1 aromatic carbocycles. The van der Waals surface area contributed by atoms with E-state index in [4.69, 9.17) is 11.6 Å². The van der Waals surface area contributed by atoms with Gasteiger partial charge in [0.25, 0.3) is 5.92 Å². The van der Waals surface area contributed by atoms with Crippen LogP contribution in [0.1, 0.15) is 55.7 Å². The molecule has 1 heterocycles. The first-order chi connectivity index (χ1) is 13.8.